The summed E-state index contributed by atoms with van der Waals surface area (Å²) in [7, 11) is 0. The van der Waals surface area contributed by atoms with Gasteiger partial charge in [0, 0.05) is 13.2 Å². The maximum atomic E-state index is 11.4. The van der Waals surface area contributed by atoms with Gasteiger partial charge in [0.05, 0.1) is 18.6 Å². The topological polar surface area (TPSA) is 58.6 Å². The van der Waals surface area contributed by atoms with Crippen LogP contribution in [0.3, 0.4) is 0 Å². The number of aliphatic hydroxyl groups is 1. The molecule has 0 radical (unpaired) electrons. The molecule has 0 rings (SSSR count). The lowest BCUT2D eigenvalue weighted by atomic mass is 9.93. The summed E-state index contributed by atoms with van der Waals surface area (Å²) in [5.74, 6) is -0.0880. The van der Waals surface area contributed by atoms with Crippen LogP contribution in [0.25, 0.3) is 0 Å². The van der Waals surface area contributed by atoms with Crippen molar-refractivity contribution in [3.63, 3.8) is 0 Å². The Bertz CT molecular complexity index is 157. The van der Waals surface area contributed by atoms with Crippen molar-refractivity contribution in [1.82, 2.24) is 5.32 Å². The van der Waals surface area contributed by atoms with Gasteiger partial charge < -0.3 is 15.2 Å². The molecule has 0 aliphatic rings. The van der Waals surface area contributed by atoms with E-state index in [1.54, 1.807) is 0 Å². The van der Waals surface area contributed by atoms with E-state index >= 15 is 0 Å². The lowest BCUT2D eigenvalue weighted by Gasteiger charge is -2.22. The van der Waals surface area contributed by atoms with Crippen LogP contribution in [0.1, 0.15) is 20.8 Å². The minimum atomic E-state index is -0.523. The Labute approximate surface area is 79.3 Å². The highest BCUT2D eigenvalue weighted by atomic mass is 16.5. The summed E-state index contributed by atoms with van der Waals surface area (Å²) in [6, 6.07) is 0. The van der Waals surface area contributed by atoms with Crippen molar-refractivity contribution < 1.29 is 14.6 Å². The van der Waals surface area contributed by atoms with Crippen LogP contribution in [-0.2, 0) is 9.53 Å². The average molecular weight is 189 g/mol. The predicted octanol–water partition coefficient (Wildman–Crippen LogP) is 0.158. The van der Waals surface area contributed by atoms with Gasteiger partial charge in [-0.15, -0.1) is 0 Å². The van der Waals surface area contributed by atoms with Crippen LogP contribution in [0, 0.1) is 5.41 Å². The Hall–Kier alpha value is -0.610. The molecule has 1 amide bonds. The zero-order valence-corrected chi connectivity index (χ0v) is 8.59. The van der Waals surface area contributed by atoms with Crippen LogP contribution in [-0.4, -0.2) is 37.4 Å². The van der Waals surface area contributed by atoms with Gasteiger partial charge in [0.15, 0.2) is 0 Å². The number of ether oxygens (including phenoxy) is 1. The quantitative estimate of drug-likeness (QED) is 0.625. The first-order valence-corrected chi connectivity index (χ1v) is 4.51. The molecule has 0 fully saturated rings. The molecule has 0 atom stereocenters. The van der Waals surface area contributed by atoms with E-state index in [9.17, 15) is 4.79 Å². The van der Waals surface area contributed by atoms with Crippen LogP contribution < -0.4 is 5.32 Å². The summed E-state index contributed by atoms with van der Waals surface area (Å²) in [4.78, 5) is 11.4. The third-order valence-corrected chi connectivity index (χ3v) is 1.68. The van der Waals surface area contributed by atoms with Gasteiger partial charge >= 0.3 is 0 Å². The van der Waals surface area contributed by atoms with Crippen molar-refractivity contribution in [2.45, 2.75) is 20.8 Å². The molecule has 0 aromatic heterocycles. The Morgan fingerprint density at radius 2 is 2.15 bits per heavy atom. The SMILES string of the molecule is CCOCC(C)(C)C(=O)NCCO. The molecule has 0 aromatic rings. The minimum absolute atomic E-state index is 0.0313. The van der Waals surface area contributed by atoms with E-state index in [0.29, 0.717) is 19.8 Å². The van der Waals surface area contributed by atoms with E-state index in [0.717, 1.165) is 0 Å². The van der Waals surface area contributed by atoms with Gasteiger partial charge in [0.2, 0.25) is 5.91 Å². The smallest absolute Gasteiger partial charge is 0.228 e. The lowest BCUT2D eigenvalue weighted by Crippen LogP contribution is -2.41. The summed E-state index contributed by atoms with van der Waals surface area (Å²) >= 11 is 0. The number of carbonyl (C=O) groups excluding carboxylic acids is 1. The molecule has 2 N–H and O–H groups in total. The van der Waals surface area contributed by atoms with Crippen molar-refractivity contribution in [3.8, 4) is 0 Å². The van der Waals surface area contributed by atoms with E-state index < -0.39 is 5.41 Å². The van der Waals surface area contributed by atoms with Crippen LogP contribution in [0.2, 0.25) is 0 Å². The van der Waals surface area contributed by atoms with Crippen LogP contribution >= 0.6 is 0 Å². The highest BCUT2D eigenvalue weighted by Gasteiger charge is 2.27. The summed E-state index contributed by atoms with van der Waals surface area (Å²) in [5.41, 5.74) is -0.523. The van der Waals surface area contributed by atoms with Gasteiger partial charge in [-0.1, -0.05) is 0 Å². The molecule has 4 nitrogen and oxygen atoms in total. The summed E-state index contributed by atoms with van der Waals surface area (Å²) in [6.07, 6.45) is 0. The number of nitrogens with one attached hydrogen (secondary N) is 1. The number of hydrogen-bond donors (Lipinski definition) is 2. The minimum Gasteiger partial charge on any atom is -0.395 e. The van der Waals surface area contributed by atoms with Crippen molar-refractivity contribution in [3.05, 3.63) is 0 Å². The molecule has 0 saturated carbocycles. The second kappa shape index (κ2) is 5.94. The van der Waals surface area contributed by atoms with E-state index in [1.807, 2.05) is 20.8 Å². The molecule has 0 aliphatic heterocycles. The lowest BCUT2D eigenvalue weighted by molar-refractivity contribution is -0.132. The van der Waals surface area contributed by atoms with E-state index in [1.165, 1.54) is 0 Å². The molecule has 0 spiro atoms. The first-order valence-electron chi connectivity index (χ1n) is 4.51. The van der Waals surface area contributed by atoms with Gasteiger partial charge in [-0.25, -0.2) is 0 Å². The molecule has 0 bridgehead atoms. The van der Waals surface area contributed by atoms with Crippen molar-refractivity contribution in [2.24, 2.45) is 5.41 Å². The van der Waals surface area contributed by atoms with Crippen molar-refractivity contribution >= 4 is 5.91 Å². The Morgan fingerprint density at radius 1 is 1.54 bits per heavy atom. The highest BCUT2D eigenvalue weighted by Crippen LogP contribution is 2.15. The highest BCUT2D eigenvalue weighted by molar-refractivity contribution is 5.81. The molecule has 4 heteroatoms. The molecular weight excluding hydrogens is 170 g/mol. The third-order valence-electron chi connectivity index (χ3n) is 1.68. The molecule has 0 heterocycles. The van der Waals surface area contributed by atoms with Crippen LogP contribution in [0.4, 0.5) is 0 Å². The fraction of sp³-hybridized carbons (Fsp3) is 0.889. The zero-order valence-electron chi connectivity index (χ0n) is 8.59. The van der Waals surface area contributed by atoms with Crippen LogP contribution in [0.15, 0.2) is 0 Å². The van der Waals surface area contributed by atoms with E-state index in [2.05, 4.69) is 5.32 Å². The standard InChI is InChI=1S/C9H19NO3/c1-4-13-7-9(2,3)8(12)10-5-6-11/h11H,4-7H2,1-3H3,(H,10,12). The molecular formula is C9H19NO3. The number of aliphatic hydroxyl groups excluding tert-OH is 1. The number of rotatable bonds is 6. The monoisotopic (exact) mass is 189 g/mol. The number of carbonyl (C=O) groups is 1. The second-order valence-corrected chi connectivity index (χ2v) is 3.50. The fourth-order valence-corrected chi connectivity index (χ4v) is 0.831. The Kier molecular flexibility index (Phi) is 5.66. The molecule has 0 aliphatic carbocycles. The largest absolute Gasteiger partial charge is 0.395 e. The van der Waals surface area contributed by atoms with Gasteiger partial charge in [-0.2, -0.15) is 0 Å². The molecule has 78 valence electrons. The molecule has 0 aromatic carbocycles. The maximum Gasteiger partial charge on any atom is 0.228 e. The van der Waals surface area contributed by atoms with E-state index in [4.69, 9.17) is 9.84 Å². The fourth-order valence-electron chi connectivity index (χ4n) is 0.831. The van der Waals surface area contributed by atoms with Crippen LogP contribution in [0.5, 0.6) is 0 Å². The summed E-state index contributed by atoms with van der Waals surface area (Å²) in [6.45, 7) is 6.80. The van der Waals surface area contributed by atoms with Gasteiger partial charge in [0.25, 0.3) is 0 Å². The van der Waals surface area contributed by atoms with E-state index in [-0.39, 0.29) is 12.5 Å². The third kappa shape index (κ3) is 4.85. The number of hydrogen-bond acceptors (Lipinski definition) is 3. The Balaban J connectivity index is 3.87. The Morgan fingerprint density at radius 3 is 2.62 bits per heavy atom. The summed E-state index contributed by atoms with van der Waals surface area (Å²) < 4.78 is 5.18. The zero-order chi connectivity index (χ0) is 10.3. The first kappa shape index (κ1) is 12.4. The van der Waals surface area contributed by atoms with Gasteiger partial charge in [-0.05, 0) is 20.8 Å². The van der Waals surface area contributed by atoms with Crippen molar-refractivity contribution in [1.29, 1.82) is 0 Å². The molecule has 0 unspecified atom stereocenters. The molecule has 0 saturated heterocycles. The molecule has 13 heavy (non-hydrogen) atoms. The van der Waals surface area contributed by atoms with Gasteiger partial charge in [0.1, 0.15) is 0 Å². The average Bonchev–Trinajstić information content (AvgIpc) is 2.10. The summed E-state index contributed by atoms with van der Waals surface area (Å²) in [5, 5.41) is 11.1. The van der Waals surface area contributed by atoms with Gasteiger partial charge in [-0.3, -0.25) is 4.79 Å². The van der Waals surface area contributed by atoms with Crippen molar-refractivity contribution in [2.75, 3.05) is 26.4 Å². The second-order valence-electron chi connectivity index (χ2n) is 3.50. The maximum absolute atomic E-state index is 11.4. The number of amides is 1. The predicted molar refractivity (Wildman–Crippen MR) is 50.4 cm³/mol. The first-order chi connectivity index (χ1) is 6.04. The normalized spacial score (nSPS) is 11.4.